The molecule has 7 heteroatoms. The normalized spacial score (nSPS) is 15.6. The summed E-state index contributed by atoms with van der Waals surface area (Å²) in [7, 11) is 0. The second-order valence-electron chi connectivity index (χ2n) is 6.08. The van der Waals surface area contributed by atoms with Gasteiger partial charge in [0.05, 0.1) is 6.26 Å². The lowest BCUT2D eigenvalue weighted by atomic mass is 10.1. The van der Waals surface area contributed by atoms with Crippen molar-refractivity contribution in [3.63, 3.8) is 0 Å². The smallest absolute Gasteiger partial charge is 0.191 e. The number of piperidine rings is 1. The van der Waals surface area contributed by atoms with E-state index in [1.54, 1.807) is 6.26 Å². The minimum Gasteiger partial charge on any atom is -0.467 e. The maximum Gasteiger partial charge on any atom is 0.191 e. The van der Waals surface area contributed by atoms with E-state index in [9.17, 15) is 0 Å². The maximum absolute atomic E-state index is 5.57. The van der Waals surface area contributed by atoms with Crippen LogP contribution in [0, 0.1) is 0 Å². The van der Waals surface area contributed by atoms with Crippen molar-refractivity contribution in [1.29, 1.82) is 0 Å². The Bertz CT molecular complexity index is 448. The number of nitrogens with zero attached hydrogens (tertiary/aromatic N) is 2. The summed E-state index contributed by atoms with van der Waals surface area (Å²) < 4.78 is 10.8. The van der Waals surface area contributed by atoms with Crippen LogP contribution in [0.1, 0.15) is 38.4 Å². The van der Waals surface area contributed by atoms with Gasteiger partial charge in [0.15, 0.2) is 5.96 Å². The molecule has 1 aromatic rings. The highest BCUT2D eigenvalue weighted by Crippen LogP contribution is 2.07. The summed E-state index contributed by atoms with van der Waals surface area (Å²) in [6.07, 6.45) is 6.64. The van der Waals surface area contributed by atoms with Gasteiger partial charge < -0.3 is 24.7 Å². The largest absolute Gasteiger partial charge is 0.467 e. The number of hydrogen-bond donors (Lipinski definition) is 2. The molecule has 1 aromatic heterocycles. The zero-order chi connectivity index (χ0) is 16.9. The molecule has 6 nitrogen and oxygen atoms in total. The third-order valence-electron chi connectivity index (χ3n) is 4.05. The molecule has 2 N–H and O–H groups in total. The van der Waals surface area contributed by atoms with Crippen molar-refractivity contribution in [3.8, 4) is 0 Å². The van der Waals surface area contributed by atoms with Crippen LogP contribution in [0.3, 0.4) is 0 Å². The fraction of sp³-hybridized carbons (Fsp3) is 0.722. The zero-order valence-corrected chi connectivity index (χ0v) is 17.7. The van der Waals surface area contributed by atoms with Gasteiger partial charge in [-0.25, -0.2) is 0 Å². The average molecular weight is 464 g/mol. The molecule has 1 saturated heterocycles. The summed E-state index contributed by atoms with van der Waals surface area (Å²) in [6.45, 7) is 9.47. The van der Waals surface area contributed by atoms with Crippen molar-refractivity contribution in [2.24, 2.45) is 4.99 Å². The molecule has 0 radical (unpaired) electrons. The number of likely N-dealkylation sites (tertiary alicyclic amines) is 1. The van der Waals surface area contributed by atoms with Crippen LogP contribution in [0.2, 0.25) is 0 Å². The Kier molecular flexibility index (Phi) is 12.8. The van der Waals surface area contributed by atoms with Gasteiger partial charge in [0, 0.05) is 32.8 Å². The molecule has 2 heterocycles. The Balaban J connectivity index is 0.00000312. The van der Waals surface area contributed by atoms with Crippen LogP contribution in [0.25, 0.3) is 0 Å². The molecule has 0 atom stereocenters. The van der Waals surface area contributed by atoms with Gasteiger partial charge in [0.2, 0.25) is 0 Å². The maximum atomic E-state index is 5.57. The van der Waals surface area contributed by atoms with Gasteiger partial charge in [-0.05, 0) is 51.4 Å². The number of rotatable bonds is 10. The van der Waals surface area contributed by atoms with Crippen molar-refractivity contribution >= 4 is 29.9 Å². The highest BCUT2D eigenvalue weighted by atomic mass is 127. The number of ether oxygens (including phenoxy) is 1. The molecular weight excluding hydrogens is 431 g/mol. The van der Waals surface area contributed by atoms with Gasteiger partial charge >= 0.3 is 0 Å². The summed E-state index contributed by atoms with van der Waals surface area (Å²) in [5.41, 5.74) is 0. The molecule has 1 fully saturated rings. The van der Waals surface area contributed by atoms with Gasteiger partial charge in [-0.1, -0.05) is 6.42 Å². The molecule has 0 aromatic carbocycles. The fourth-order valence-corrected chi connectivity index (χ4v) is 2.78. The number of halogens is 1. The standard InChI is InChI=1S/C18H32N4O2.HI/c1-2-19-18(21-10-13-22-11-4-3-5-12-22)20-9-7-14-23-16-17-8-6-15-24-17;/h6,8,15H,2-5,7,9-14,16H2,1H3,(H2,19,20,21);1H. The van der Waals surface area contributed by atoms with Crippen molar-refractivity contribution in [2.45, 2.75) is 39.2 Å². The molecule has 1 aliphatic heterocycles. The fourth-order valence-electron chi connectivity index (χ4n) is 2.78. The van der Waals surface area contributed by atoms with E-state index in [0.29, 0.717) is 13.2 Å². The molecule has 2 rings (SSSR count). The summed E-state index contributed by atoms with van der Waals surface area (Å²) in [5.74, 6) is 1.77. The number of aliphatic imine (C=N–C) groups is 1. The first kappa shape index (κ1) is 22.2. The van der Waals surface area contributed by atoms with Crippen LogP contribution in [-0.2, 0) is 11.3 Å². The lowest BCUT2D eigenvalue weighted by Gasteiger charge is -2.26. The first-order valence-corrected chi connectivity index (χ1v) is 9.23. The lowest BCUT2D eigenvalue weighted by Crippen LogP contribution is -2.42. The Labute approximate surface area is 168 Å². The topological polar surface area (TPSA) is 62.0 Å². The second-order valence-corrected chi connectivity index (χ2v) is 6.08. The third-order valence-corrected chi connectivity index (χ3v) is 4.05. The number of guanidine groups is 1. The van der Waals surface area contributed by atoms with Gasteiger partial charge in [-0.2, -0.15) is 0 Å². The van der Waals surface area contributed by atoms with Gasteiger partial charge in [0.25, 0.3) is 0 Å². The number of nitrogens with one attached hydrogen (secondary N) is 2. The predicted octanol–water partition coefficient (Wildman–Crippen LogP) is 2.85. The van der Waals surface area contributed by atoms with Gasteiger partial charge in [-0.3, -0.25) is 4.99 Å². The zero-order valence-electron chi connectivity index (χ0n) is 15.3. The number of hydrogen-bond acceptors (Lipinski definition) is 4. The van der Waals surface area contributed by atoms with E-state index in [1.807, 2.05) is 12.1 Å². The molecule has 144 valence electrons. The Morgan fingerprint density at radius 3 is 2.84 bits per heavy atom. The summed E-state index contributed by atoms with van der Waals surface area (Å²) in [6, 6.07) is 3.80. The van der Waals surface area contributed by atoms with Gasteiger partial charge in [0.1, 0.15) is 12.4 Å². The summed E-state index contributed by atoms with van der Waals surface area (Å²) in [4.78, 5) is 7.13. The van der Waals surface area contributed by atoms with Crippen LogP contribution >= 0.6 is 24.0 Å². The molecule has 1 aliphatic rings. The molecule has 0 aliphatic carbocycles. The predicted molar refractivity (Wildman–Crippen MR) is 113 cm³/mol. The van der Waals surface area contributed by atoms with Crippen LogP contribution in [0.5, 0.6) is 0 Å². The molecule has 0 spiro atoms. The summed E-state index contributed by atoms with van der Waals surface area (Å²) in [5, 5.41) is 6.72. The van der Waals surface area contributed by atoms with E-state index >= 15 is 0 Å². The first-order valence-electron chi connectivity index (χ1n) is 9.23. The van der Waals surface area contributed by atoms with Crippen LogP contribution in [-0.4, -0.2) is 56.7 Å². The van der Waals surface area contributed by atoms with Crippen LogP contribution in [0.4, 0.5) is 0 Å². The monoisotopic (exact) mass is 464 g/mol. The van der Waals surface area contributed by atoms with Crippen LogP contribution in [0.15, 0.2) is 27.8 Å². The number of furan rings is 1. The van der Waals surface area contributed by atoms with Crippen molar-refractivity contribution in [2.75, 3.05) is 45.9 Å². The van der Waals surface area contributed by atoms with Crippen molar-refractivity contribution in [3.05, 3.63) is 24.2 Å². The second kappa shape index (κ2) is 14.4. The van der Waals surface area contributed by atoms with Crippen LogP contribution < -0.4 is 10.6 Å². The molecule has 0 bridgehead atoms. The SMILES string of the molecule is CCNC(=NCCCOCc1ccco1)NCCN1CCCCC1.I. The minimum absolute atomic E-state index is 0. The van der Waals surface area contributed by atoms with E-state index in [0.717, 1.165) is 44.3 Å². The molecule has 0 saturated carbocycles. The van der Waals surface area contributed by atoms with E-state index in [4.69, 9.17) is 9.15 Å². The molecule has 0 unspecified atom stereocenters. The van der Waals surface area contributed by atoms with Crippen molar-refractivity contribution < 1.29 is 9.15 Å². The van der Waals surface area contributed by atoms with Crippen molar-refractivity contribution in [1.82, 2.24) is 15.5 Å². The first-order chi connectivity index (χ1) is 11.9. The highest BCUT2D eigenvalue weighted by Gasteiger charge is 2.09. The van der Waals surface area contributed by atoms with E-state index in [2.05, 4.69) is 27.4 Å². The Morgan fingerprint density at radius 2 is 2.12 bits per heavy atom. The molecule has 25 heavy (non-hydrogen) atoms. The lowest BCUT2D eigenvalue weighted by molar-refractivity contribution is 0.105. The highest BCUT2D eigenvalue weighted by molar-refractivity contribution is 14.0. The summed E-state index contributed by atoms with van der Waals surface area (Å²) >= 11 is 0. The van der Waals surface area contributed by atoms with Gasteiger partial charge in [-0.15, -0.1) is 24.0 Å². The minimum atomic E-state index is 0. The third kappa shape index (κ3) is 10.1. The molecular formula is C18H33IN4O2. The van der Waals surface area contributed by atoms with E-state index < -0.39 is 0 Å². The van der Waals surface area contributed by atoms with E-state index in [-0.39, 0.29) is 24.0 Å². The quantitative estimate of drug-likeness (QED) is 0.241. The average Bonchev–Trinajstić information content (AvgIpc) is 3.12. The Morgan fingerprint density at radius 1 is 1.28 bits per heavy atom. The van der Waals surface area contributed by atoms with E-state index in [1.165, 1.54) is 32.4 Å². The Hall–Kier alpha value is -0.800. The molecule has 0 amide bonds.